The molecule has 4 heteroatoms. The first-order chi connectivity index (χ1) is 10.1. The Morgan fingerprint density at radius 2 is 2.19 bits per heavy atom. The molecule has 0 amide bonds. The Morgan fingerprint density at radius 1 is 1.43 bits per heavy atom. The van der Waals surface area contributed by atoms with Gasteiger partial charge in [0, 0.05) is 43.5 Å². The molecule has 1 aliphatic heterocycles. The number of hydrogen-bond donors (Lipinski definition) is 1. The zero-order chi connectivity index (χ0) is 14.9. The normalized spacial score (nSPS) is 27.3. The van der Waals surface area contributed by atoms with Crippen molar-refractivity contribution in [3.63, 3.8) is 0 Å². The van der Waals surface area contributed by atoms with Crippen molar-refractivity contribution in [1.82, 2.24) is 20.0 Å². The molecule has 2 aliphatic rings. The molecule has 0 radical (unpaired) electrons. The van der Waals surface area contributed by atoms with Crippen molar-refractivity contribution in [2.24, 2.45) is 0 Å². The van der Waals surface area contributed by atoms with E-state index in [0.717, 1.165) is 26.1 Å². The minimum absolute atomic E-state index is 0.395. The molecule has 2 atom stereocenters. The van der Waals surface area contributed by atoms with Crippen molar-refractivity contribution in [1.29, 1.82) is 0 Å². The summed E-state index contributed by atoms with van der Waals surface area (Å²) in [5.41, 5.74) is 1.63. The number of aromatic nitrogens is 2. The molecular weight excluding hydrogens is 260 g/mol. The van der Waals surface area contributed by atoms with Gasteiger partial charge in [0.15, 0.2) is 0 Å². The van der Waals surface area contributed by atoms with Crippen LogP contribution in [0.15, 0.2) is 12.3 Å². The van der Waals surface area contributed by atoms with Gasteiger partial charge in [0.1, 0.15) is 0 Å². The average molecular weight is 290 g/mol. The van der Waals surface area contributed by atoms with Crippen molar-refractivity contribution >= 4 is 0 Å². The quantitative estimate of drug-likeness (QED) is 0.925. The number of nitrogens with zero attached hydrogens (tertiary/aromatic N) is 3. The third kappa shape index (κ3) is 3.02. The number of nitrogens with one attached hydrogen (secondary N) is 1. The highest BCUT2D eigenvalue weighted by Crippen LogP contribution is 2.37. The third-order valence-electron chi connectivity index (χ3n) is 5.54. The van der Waals surface area contributed by atoms with E-state index in [1.54, 1.807) is 0 Å². The Morgan fingerprint density at radius 3 is 2.90 bits per heavy atom. The van der Waals surface area contributed by atoms with Crippen LogP contribution >= 0.6 is 0 Å². The van der Waals surface area contributed by atoms with E-state index in [9.17, 15) is 0 Å². The Bertz CT molecular complexity index is 461. The van der Waals surface area contributed by atoms with Gasteiger partial charge in [-0.25, -0.2) is 0 Å². The Kier molecular flexibility index (Phi) is 4.36. The highest BCUT2D eigenvalue weighted by Gasteiger charge is 2.42. The average Bonchev–Trinajstić information content (AvgIpc) is 3.12. The first kappa shape index (κ1) is 15.0. The molecule has 3 rings (SSSR count). The first-order valence-corrected chi connectivity index (χ1v) is 8.65. The third-order valence-corrected chi connectivity index (χ3v) is 5.54. The lowest BCUT2D eigenvalue weighted by molar-refractivity contribution is 0.0380. The van der Waals surface area contributed by atoms with Gasteiger partial charge in [-0.15, -0.1) is 0 Å². The lowest BCUT2D eigenvalue weighted by atomic mass is 9.91. The van der Waals surface area contributed by atoms with Crippen molar-refractivity contribution < 1.29 is 0 Å². The summed E-state index contributed by atoms with van der Waals surface area (Å²) in [6, 6.07) is 3.30. The van der Waals surface area contributed by atoms with Crippen LogP contribution in [0.2, 0.25) is 0 Å². The van der Waals surface area contributed by atoms with Crippen molar-refractivity contribution in [2.45, 2.75) is 77.0 Å². The lowest BCUT2D eigenvalue weighted by Crippen LogP contribution is -2.62. The molecule has 2 unspecified atom stereocenters. The van der Waals surface area contributed by atoms with E-state index in [1.807, 2.05) is 0 Å². The smallest absolute Gasteiger partial charge is 0.0765 e. The largest absolute Gasteiger partial charge is 0.311 e. The predicted octanol–water partition coefficient (Wildman–Crippen LogP) is 2.96. The van der Waals surface area contributed by atoms with Gasteiger partial charge in [0.25, 0.3) is 0 Å². The summed E-state index contributed by atoms with van der Waals surface area (Å²) in [7, 11) is 0. The molecular formula is C17H30N4. The molecule has 1 saturated carbocycles. The van der Waals surface area contributed by atoms with Crippen LogP contribution < -0.4 is 5.32 Å². The summed E-state index contributed by atoms with van der Waals surface area (Å²) < 4.78 is 2.13. The van der Waals surface area contributed by atoms with Gasteiger partial charge in [0.05, 0.1) is 5.69 Å². The zero-order valence-corrected chi connectivity index (χ0v) is 13.8. The molecule has 1 aromatic rings. The van der Waals surface area contributed by atoms with Crippen LogP contribution in [-0.4, -0.2) is 39.4 Å². The maximum absolute atomic E-state index is 4.81. The van der Waals surface area contributed by atoms with Crippen LogP contribution in [0.4, 0.5) is 0 Å². The van der Waals surface area contributed by atoms with Crippen LogP contribution in [0.5, 0.6) is 0 Å². The van der Waals surface area contributed by atoms with Crippen LogP contribution in [0.3, 0.4) is 0 Å². The summed E-state index contributed by atoms with van der Waals surface area (Å²) in [5.74, 6) is 0. The van der Waals surface area contributed by atoms with Crippen molar-refractivity contribution in [2.75, 3.05) is 13.1 Å². The Balaban J connectivity index is 1.73. The van der Waals surface area contributed by atoms with E-state index >= 15 is 0 Å². The second kappa shape index (κ2) is 6.09. The maximum Gasteiger partial charge on any atom is 0.0765 e. The fourth-order valence-electron chi connectivity index (χ4n) is 3.91. The van der Waals surface area contributed by atoms with Crippen LogP contribution in [0, 0.1) is 0 Å². The molecule has 0 aromatic carbocycles. The van der Waals surface area contributed by atoms with E-state index in [1.165, 1.54) is 31.4 Å². The molecule has 2 heterocycles. The minimum Gasteiger partial charge on any atom is -0.311 e. The van der Waals surface area contributed by atoms with E-state index in [0.29, 0.717) is 17.6 Å². The van der Waals surface area contributed by atoms with Gasteiger partial charge in [-0.05, 0) is 39.2 Å². The van der Waals surface area contributed by atoms with Gasteiger partial charge in [0.2, 0.25) is 0 Å². The van der Waals surface area contributed by atoms with Crippen molar-refractivity contribution in [3.05, 3.63) is 18.0 Å². The van der Waals surface area contributed by atoms with Gasteiger partial charge < -0.3 is 5.32 Å². The standard InChI is InChI=1S/C17H30N4/c1-4-15(3)21-10-7-16(19-21)12-20-11-14(2)18-13-17(20)8-5-6-9-17/h7,10,14-15,18H,4-6,8-9,11-13H2,1-3H3. The monoisotopic (exact) mass is 290 g/mol. The first-order valence-electron chi connectivity index (χ1n) is 8.65. The topological polar surface area (TPSA) is 33.1 Å². The molecule has 1 N–H and O–H groups in total. The fourth-order valence-corrected chi connectivity index (χ4v) is 3.91. The van der Waals surface area contributed by atoms with Crippen LogP contribution in [0.1, 0.15) is 64.6 Å². The highest BCUT2D eigenvalue weighted by atomic mass is 15.3. The van der Waals surface area contributed by atoms with Gasteiger partial charge in [-0.1, -0.05) is 19.8 Å². The molecule has 21 heavy (non-hydrogen) atoms. The molecule has 1 aliphatic carbocycles. The van der Waals surface area contributed by atoms with E-state index in [-0.39, 0.29) is 0 Å². The number of piperazine rings is 1. The molecule has 1 spiro atoms. The minimum atomic E-state index is 0.395. The van der Waals surface area contributed by atoms with Gasteiger partial charge in [-0.2, -0.15) is 5.10 Å². The number of rotatable bonds is 4. The molecule has 0 bridgehead atoms. The summed E-state index contributed by atoms with van der Waals surface area (Å²) in [6.07, 6.45) is 8.74. The fraction of sp³-hybridized carbons (Fsp3) is 0.824. The van der Waals surface area contributed by atoms with Gasteiger partial charge in [-0.3, -0.25) is 9.58 Å². The molecule has 4 nitrogen and oxygen atoms in total. The summed E-state index contributed by atoms with van der Waals surface area (Å²) in [5, 5.41) is 8.51. The van der Waals surface area contributed by atoms with Crippen LogP contribution in [-0.2, 0) is 6.54 Å². The summed E-state index contributed by atoms with van der Waals surface area (Å²) in [6.45, 7) is 10.1. The van der Waals surface area contributed by atoms with E-state index in [4.69, 9.17) is 5.10 Å². The molecule has 118 valence electrons. The molecule has 2 fully saturated rings. The highest BCUT2D eigenvalue weighted by molar-refractivity contribution is 5.06. The zero-order valence-electron chi connectivity index (χ0n) is 13.8. The van der Waals surface area contributed by atoms with E-state index < -0.39 is 0 Å². The Labute approximate surface area is 128 Å². The Hall–Kier alpha value is -0.870. The SMILES string of the molecule is CCC(C)n1ccc(CN2CC(C)NCC23CCCC3)n1. The van der Waals surface area contributed by atoms with E-state index in [2.05, 4.69) is 47.9 Å². The maximum atomic E-state index is 4.81. The van der Waals surface area contributed by atoms with Crippen LogP contribution in [0.25, 0.3) is 0 Å². The summed E-state index contributed by atoms with van der Waals surface area (Å²) in [4.78, 5) is 2.71. The van der Waals surface area contributed by atoms with Crippen molar-refractivity contribution in [3.8, 4) is 0 Å². The summed E-state index contributed by atoms with van der Waals surface area (Å²) >= 11 is 0. The second-order valence-corrected chi connectivity index (χ2v) is 7.14. The predicted molar refractivity (Wildman–Crippen MR) is 86.3 cm³/mol. The lowest BCUT2D eigenvalue weighted by Gasteiger charge is -2.47. The van der Waals surface area contributed by atoms with Gasteiger partial charge >= 0.3 is 0 Å². The number of hydrogen-bond acceptors (Lipinski definition) is 3. The second-order valence-electron chi connectivity index (χ2n) is 7.14. The molecule has 1 saturated heterocycles. The molecule has 1 aromatic heterocycles.